The molecule has 21 heavy (non-hydrogen) atoms. The molecule has 0 aromatic carbocycles. The molecule has 0 radical (unpaired) electrons. The van der Waals surface area contributed by atoms with E-state index in [9.17, 15) is 9.59 Å². The van der Waals surface area contributed by atoms with Gasteiger partial charge in [-0.1, -0.05) is 13.8 Å². The van der Waals surface area contributed by atoms with Gasteiger partial charge in [0, 0.05) is 0 Å². The third-order valence-corrected chi connectivity index (χ3v) is 3.19. The number of esters is 1. The van der Waals surface area contributed by atoms with Crippen LogP contribution in [-0.4, -0.2) is 48.5 Å². The van der Waals surface area contributed by atoms with Crippen molar-refractivity contribution in [3.05, 3.63) is 0 Å². The van der Waals surface area contributed by atoms with Crippen LogP contribution in [0.4, 0.5) is 4.79 Å². The number of rotatable bonds is 4. The first-order valence-corrected chi connectivity index (χ1v) is 7.32. The summed E-state index contributed by atoms with van der Waals surface area (Å²) in [5.41, 5.74) is -0.556. The predicted molar refractivity (Wildman–Crippen MR) is 77.7 cm³/mol. The number of carbonyl (C=O) groups excluding carboxylic acids is 2. The van der Waals surface area contributed by atoms with Crippen LogP contribution in [0.5, 0.6) is 0 Å². The molecule has 122 valence electrons. The van der Waals surface area contributed by atoms with E-state index in [1.807, 2.05) is 20.8 Å². The summed E-state index contributed by atoms with van der Waals surface area (Å²) in [6.45, 7) is 9.76. The second-order valence-electron chi connectivity index (χ2n) is 6.76. The first kappa shape index (κ1) is 17.8. The van der Waals surface area contributed by atoms with E-state index in [-0.39, 0.29) is 31.3 Å². The highest BCUT2D eigenvalue weighted by molar-refractivity contribution is 5.71. The van der Waals surface area contributed by atoms with E-state index in [1.54, 1.807) is 4.90 Å². The summed E-state index contributed by atoms with van der Waals surface area (Å²) < 4.78 is 15.7. The Morgan fingerprint density at radius 1 is 1.33 bits per heavy atom. The lowest BCUT2D eigenvalue weighted by atomic mass is 9.97. The monoisotopic (exact) mass is 301 g/mol. The Morgan fingerprint density at radius 3 is 2.43 bits per heavy atom. The van der Waals surface area contributed by atoms with E-state index in [1.165, 1.54) is 7.11 Å². The van der Waals surface area contributed by atoms with Crippen molar-refractivity contribution >= 4 is 12.1 Å². The maximum absolute atomic E-state index is 12.3. The molecule has 0 aromatic heterocycles. The summed E-state index contributed by atoms with van der Waals surface area (Å²) >= 11 is 0. The smallest absolute Gasteiger partial charge is 0.412 e. The molecule has 0 N–H and O–H groups in total. The third-order valence-electron chi connectivity index (χ3n) is 3.19. The zero-order valence-corrected chi connectivity index (χ0v) is 13.8. The Kier molecular flexibility index (Phi) is 6.01. The van der Waals surface area contributed by atoms with Crippen LogP contribution in [0, 0.1) is 5.92 Å². The van der Waals surface area contributed by atoms with Gasteiger partial charge >= 0.3 is 12.1 Å². The van der Waals surface area contributed by atoms with Gasteiger partial charge in [-0.05, 0) is 33.1 Å². The fourth-order valence-electron chi connectivity index (χ4n) is 2.30. The fourth-order valence-corrected chi connectivity index (χ4v) is 2.30. The molecule has 1 heterocycles. The van der Waals surface area contributed by atoms with Crippen LogP contribution in [0.2, 0.25) is 0 Å². The highest BCUT2D eigenvalue weighted by Gasteiger charge is 2.41. The molecule has 6 heteroatoms. The Balaban J connectivity index is 2.79. The number of methoxy groups -OCH3 is 1. The van der Waals surface area contributed by atoms with Gasteiger partial charge in [-0.15, -0.1) is 0 Å². The van der Waals surface area contributed by atoms with Crippen LogP contribution in [0.1, 0.15) is 47.5 Å². The quantitative estimate of drug-likeness (QED) is 0.747. The van der Waals surface area contributed by atoms with Crippen molar-refractivity contribution in [3.8, 4) is 0 Å². The van der Waals surface area contributed by atoms with Crippen molar-refractivity contribution < 1.29 is 23.8 Å². The molecule has 0 aromatic rings. The third kappa shape index (κ3) is 5.53. The lowest BCUT2D eigenvalue weighted by Gasteiger charge is -2.29. The fraction of sp³-hybridized carbons (Fsp3) is 0.867. The molecule has 0 aliphatic carbocycles. The van der Waals surface area contributed by atoms with Crippen molar-refractivity contribution in [1.82, 2.24) is 4.90 Å². The molecule has 6 nitrogen and oxygen atoms in total. The zero-order valence-electron chi connectivity index (χ0n) is 13.8. The highest BCUT2D eigenvalue weighted by Crippen LogP contribution is 2.27. The van der Waals surface area contributed by atoms with Crippen molar-refractivity contribution in [2.45, 2.75) is 65.2 Å². The van der Waals surface area contributed by atoms with Gasteiger partial charge < -0.3 is 14.2 Å². The average Bonchev–Trinajstić information content (AvgIpc) is 2.69. The Morgan fingerprint density at radius 2 is 1.95 bits per heavy atom. The summed E-state index contributed by atoms with van der Waals surface area (Å²) in [6.07, 6.45) is 0.154. The van der Waals surface area contributed by atoms with Gasteiger partial charge in [0.1, 0.15) is 12.3 Å². The molecule has 0 unspecified atom stereocenters. The molecule has 0 spiro atoms. The van der Waals surface area contributed by atoms with Gasteiger partial charge in [0.15, 0.2) is 0 Å². The van der Waals surface area contributed by atoms with Crippen LogP contribution >= 0.6 is 0 Å². The lowest BCUT2D eigenvalue weighted by Crippen LogP contribution is -2.43. The predicted octanol–water partition coefficient (Wildman–Crippen LogP) is 2.56. The number of nitrogens with zero attached hydrogens (tertiary/aromatic N) is 1. The number of amides is 1. The number of hydrogen-bond donors (Lipinski definition) is 0. The van der Waals surface area contributed by atoms with Gasteiger partial charge in [0.2, 0.25) is 0 Å². The summed E-state index contributed by atoms with van der Waals surface area (Å²) in [4.78, 5) is 25.3. The SMILES string of the molecule is COC(=O)C[C@@H]1OCN(C(=O)OC(C)(C)C)[C@H]1CC(C)C. The molecule has 1 amide bonds. The second kappa shape index (κ2) is 7.11. The normalized spacial score (nSPS) is 22.5. The number of hydrogen-bond acceptors (Lipinski definition) is 5. The van der Waals surface area contributed by atoms with Crippen molar-refractivity contribution in [1.29, 1.82) is 0 Å². The van der Waals surface area contributed by atoms with E-state index in [4.69, 9.17) is 9.47 Å². The second-order valence-corrected chi connectivity index (χ2v) is 6.76. The summed E-state index contributed by atoms with van der Waals surface area (Å²) in [5, 5.41) is 0. The molecule has 1 aliphatic rings. The van der Waals surface area contributed by atoms with Crippen LogP contribution < -0.4 is 0 Å². The van der Waals surface area contributed by atoms with E-state index >= 15 is 0 Å². The van der Waals surface area contributed by atoms with Gasteiger partial charge in [-0.25, -0.2) is 4.79 Å². The molecule has 1 saturated heterocycles. The van der Waals surface area contributed by atoms with Gasteiger partial charge in [0.05, 0.1) is 25.7 Å². The van der Waals surface area contributed by atoms with Gasteiger partial charge in [0.25, 0.3) is 0 Å². The molecule has 0 bridgehead atoms. The topological polar surface area (TPSA) is 65.1 Å². The van der Waals surface area contributed by atoms with E-state index in [0.29, 0.717) is 5.92 Å². The lowest BCUT2D eigenvalue weighted by molar-refractivity contribution is -0.143. The number of ether oxygens (including phenoxy) is 3. The summed E-state index contributed by atoms with van der Waals surface area (Å²) in [6, 6.07) is -0.168. The molecule has 2 atom stereocenters. The summed E-state index contributed by atoms with van der Waals surface area (Å²) in [5.74, 6) is 0.0431. The van der Waals surface area contributed by atoms with E-state index in [0.717, 1.165) is 6.42 Å². The van der Waals surface area contributed by atoms with Crippen LogP contribution in [-0.2, 0) is 19.0 Å². The number of carbonyl (C=O) groups is 2. The Bertz CT molecular complexity index is 375. The van der Waals surface area contributed by atoms with Crippen molar-refractivity contribution in [2.75, 3.05) is 13.8 Å². The Labute approximate surface area is 126 Å². The van der Waals surface area contributed by atoms with E-state index in [2.05, 4.69) is 18.6 Å². The first-order chi connectivity index (χ1) is 9.64. The van der Waals surface area contributed by atoms with Crippen molar-refractivity contribution in [3.63, 3.8) is 0 Å². The summed E-state index contributed by atoms with van der Waals surface area (Å²) in [7, 11) is 1.35. The zero-order chi connectivity index (χ0) is 16.2. The van der Waals surface area contributed by atoms with Crippen LogP contribution in [0.15, 0.2) is 0 Å². The molecule has 1 rings (SSSR count). The average molecular weight is 301 g/mol. The maximum Gasteiger partial charge on any atom is 0.412 e. The minimum Gasteiger partial charge on any atom is -0.469 e. The minimum atomic E-state index is -0.556. The van der Waals surface area contributed by atoms with Crippen molar-refractivity contribution in [2.24, 2.45) is 5.92 Å². The minimum absolute atomic E-state index is 0.146. The standard InChI is InChI=1S/C15H27NO5/c1-10(2)7-11-12(8-13(17)19-6)20-9-16(11)14(18)21-15(3,4)5/h10-12H,7-9H2,1-6H3/t11-,12-/m0/s1. The first-order valence-electron chi connectivity index (χ1n) is 7.32. The maximum atomic E-state index is 12.3. The van der Waals surface area contributed by atoms with E-state index < -0.39 is 11.7 Å². The van der Waals surface area contributed by atoms with Crippen LogP contribution in [0.3, 0.4) is 0 Å². The van der Waals surface area contributed by atoms with Crippen LogP contribution in [0.25, 0.3) is 0 Å². The molecular weight excluding hydrogens is 274 g/mol. The molecule has 1 aliphatic heterocycles. The highest BCUT2D eigenvalue weighted by atomic mass is 16.6. The molecular formula is C15H27NO5. The van der Waals surface area contributed by atoms with Gasteiger partial charge in [-0.3, -0.25) is 9.69 Å². The van der Waals surface area contributed by atoms with Gasteiger partial charge in [-0.2, -0.15) is 0 Å². The Hall–Kier alpha value is -1.30. The largest absolute Gasteiger partial charge is 0.469 e. The molecule has 0 saturated carbocycles. The molecule has 1 fully saturated rings.